The fraction of sp³-hybridized carbons (Fsp3) is 0.400. The lowest BCUT2D eigenvalue weighted by Crippen LogP contribution is -2.12. The van der Waals surface area contributed by atoms with Gasteiger partial charge >= 0.3 is 0 Å². The Hall–Kier alpha value is -1.41. The highest BCUT2D eigenvalue weighted by atomic mass is 14.8. The molecule has 90 valence electrons. The lowest BCUT2D eigenvalue weighted by molar-refractivity contribution is 0.775. The lowest BCUT2D eigenvalue weighted by Gasteiger charge is -2.09. The van der Waals surface area contributed by atoms with Crippen LogP contribution < -0.4 is 5.32 Å². The molecule has 0 saturated heterocycles. The van der Waals surface area contributed by atoms with Gasteiger partial charge in [0.1, 0.15) is 0 Å². The Balaban J connectivity index is 2.55. The van der Waals surface area contributed by atoms with Gasteiger partial charge in [-0.3, -0.25) is 4.98 Å². The van der Waals surface area contributed by atoms with E-state index in [2.05, 4.69) is 44.3 Å². The molecule has 0 aliphatic rings. The maximum Gasteiger partial charge on any atom is 0.0710 e. The van der Waals surface area contributed by atoms with Crippen molar-refractivity contribution >= 4 is 10.9 Å². The topological polar surface area (TPSA) is 24.9 Å². The zero-order valence-electron chi connectivity index (χ0n) is 11.1. The second-order valence-electron chi connectivity index (χ2n) is 4.75. The molecule has 0 bridgehead atoms. The van der Waals surface area contributed by atoms with Crippen LogP contribution in [0, 0.1) is 20.8 Å². The number of aromatic nitrogens is 1. The first-order valence-electron chi connectivity index (χ1n) is 6.14. The normalized spacial score (nSPS) is 11.1. The molecule has 2 aromatic rings. The van der Waals surface area contributed by atoms with Crippen molar-refractivity contribution in [2.24, 2.45) is 0 Å². The number of nitrogens with zero attached hydrogens (tertiary/aromatic N) is 1. The second kappa shape index (κ2) is 4.84. The predicted molar refractivity (Wildman–Crippen MR) is 73.6 cm³/mol. The van der Waals surface area contributed by atoms with Crippen LogP contribution >= 0.6 is 0 Å². The van der Waals surface area contributed by atoms with Crippen molar-refractivity contribution in [2.45, 2.75) is 27.2 Å². The molecule has 2 nitrogen and oxygen atoms in total. The molecule has 17 heavy (non-hydrogen) atoms. The van der Waals surface area contributed by atoms with Crippen molar-refractivity contribution in [3.8, 4) is 0 Å². The maximum absolute atomic E-state index is 4.79. The van der Waals surface area contributed by atoms with Gasteiger partial charge in [-0.25, -0.2) is 0 Å². The first kappa shape index (κ1) is 12.1. The number of hydrogen-bond acceptors (Lipinski definition) is 2. The highest BCUT2D eigenvalue weighted by Gasteiger charge is 2.05. The molecule has 2 heteroatoms. The third-order valence-electron chi connectivity index (χ3n) is 3.19. The second-order valence-corrected chi connectivity index (χ2v) is 4.75. The average molecular weight is 228 g/mol. The average Bonchev–Trinajstić information content (AvgIpc) is 2.27. The van der Waals surface area contributed by atoms with Crippen LogP contribution in [0.5, 0.6) is 0 Å². The van der Waals surface area contributed by atoms with Crippen molar-refractivity contribution in [1.82, 2.24) is 10.3 Å². The molecule has 2 rings (SSSR count). The smallest absolute Gasteiger partial charge is 0.0710 e. The standard InChI is InChI=1S/C15H20N2/c1-10-7-11(2)13-9-12(3)14(5-6-16-4)17-15(13)8-10/h7-9,16H,5-6H2,1-4H3. The third-order valence-corrected chi connectivity index (χ3v) is 3.19. The summed E-state index contributed by atoms with van der Waals surface area (Å²) < 4.78 is 0. The van der Waals surface area contributed by atoms with Gasteiger partial charge in [0.05, 0.1) is 5.52 Å². The molecule has 0 fully saturated rings. The Morgan fingerprint density at radius 2 is 1.82 bits per heavy atom. The van der Waals surface area contributed by atoms with Gasteiger partial charge in [0.2, 0.25) is 0 Å². The molecule has 0 spiro atoms. The Labute approximate surface area is 103 Å². The number of rotatable bonds is 3. The molecule has 1 aromatic carbocycles. The van der Waals surface area contributed by atoms with Crippen molar-refractivity contribution in [1.29, 1.82) is 0 Å². The third kappa shape index (κ3) is 2.47. The summed E-state index contributed by atoms with van der Waals surface area (Å²) in [5.74, 6) is 0. The van der Waals surface area contributed by atoms with E-state index >= 15 is 0 Å². The number of hydrogen-bond donors (Lipinski definition) is 1. The minimum absolute atomic E-state index is 0.976. The quantitative estimate of drug-likeness (QED) is 0.873. The SMILES string of the molecule is CNCCc1nc2cc(C)cc(C)c2cc1C. The summed E-state index contributed by atoms with van der Waals surface area (Å²) in [5.41, 5.74) is 6.22. The summed E-state index contributed by atoms with van der Waals surface area (Å²) in [7, 11) is 1.98. The number of fused-ring (bicyclic) bond motifs is 1. The van der Waals surface area contributed by atoms with E-state index in [9.17, 15) is 0 Å². The molecule has 0 saturated carbocycles. The van der Waals surface area contributed by atoms with E-state index in [1.807, 2.05) is 7.05 Å². The molecular weight excluding hydrogens is 208 g/mol. The number of aryl methyl sites for hydroxylation is 3. The fourth-order valence-electron chi connectivity index (χ4n) is 2.27. The lowest BCUT2D eigenvalue weighted by atomic mass is 10.0. The predicted octanol–water partition coefficient (Wildman–Crippen LogP) is 2.92. The van der Waals surface area contributed by atoms with Crippen molar-refractivity contribution < 1.29 is 0 Å². The van der Waals surface area contributed by atoms with Gasteiger partial charge in [-0.2, -0.15) is 0 Å². The van der Waals surface area contributed by atoms with Crippen LogP contribution in [0.3, 0.4) is 0 Å². The zero-order chi connectivity index (χ0) is 12.4. The molecular formula is C15H20N2. The zero-order valence-corrected chi connectivity index (χ0v) is 11.1. The van der Waals surface area contributed by atoms with Crippen LogP contribution in [-0.2, 0) is 6.42 Å². The van der Waals surface area contributed by atoms with Crippen LogP contribution in [0.2, 0.25) is 0 Å². The fourth-order valence-corrected chi connectivity index (χ4v) is 2.27. The van der Waals surface area contributed by atoms with Crippen LogP contribution in [0.15, 0.2) is 18.2 Å². The molecule has 0 atom stereocenters. The van der Waals surface area contributed by atoms with Crippen molar-refractivity contribution in [3.05, 3.63) is 40.6 Å². The molecule has 1 N–H and O–H groups in total. The van der Waals surface area contributed by atoms with Gasteiger partial charge in [0, 0.05) is 24.0 Å². The van der Waals surface area contributed by atoms with Crippen LogP contribution in [0.4, 0.5) is 0 Å². The van der Waals surface area contributed by atoms with E-state index in [0.29, 0.717) is 0 Å². The van der Waals surface area contributed by atoms with Gasteiger partial charge in [0.15, 0.2) is 0 Å². The Bertz CT molecular complexity index is 544. The molecule has 1 heterocycles. The van der Waals surface area contributed by atoms with Gasteiger partial charge in [0.25, 0.3) is 0 Å². The molecule has 0 aliphatic heterocycles. The Kier molecular flexibility index (Phi) is 3.43. The van der Waals surface area contributed by atoms with Crippen molar-refractivity contribution in [2.75, 3.05) is 13.6 Å². The largest absolute Gasteiger partial charge is 0.319 e. The summed E-state index contributed by atoms with van der Waals surface area (Å²) in [4.78, 5) is 4.79. The summed E-state index contributed by atoms with van der Waals surface area (Å²) in [6.07, 6.45) is 0.991. The Morgan fingerprint density at radius 1 is 1.06 bits per heavy atom. The first-order chi connectivity index (χ1) is 8.11. The summed E-state index contributed by atoms with van der Waals surface area (Å²) in [6.45, 7) is 7.41. The van der Waals surface area contributed by atoms with E-state index in [4.69, 9.17) is 4.98 Å². The highest BCUT2D eigenvalue weighted by molar-refractivity contribution is 5.83. The van der Waals surface area contributed by atoms with E-state index in [0.717, 1.165) is 18.5 Å². The van der Waals surface area contributed by atoms with E-state index < -0.39 is 0 Å². The summed E-state index contributed by atoms with van der Waals surface area (Å²) >= 11 is 0. The minimum atomic E-state index is 0.976. The van der Waals surface area contributed by atoms with Crippen LogP contribution in [-0.4, -0.2) is 18.6 Å². The number of likely N-dealkylation sites (N-methyl/N-ethyl adjacent to an activating group) is 1. The molecule has 1 aromatic heterocycles. The van der Waals surface area contributed by atoms with Gasteiger partial charge in [-0.05, 0) is 56.6 Å². The van der Waals surface area contributed by atoms with E-state index in [1.54, 1.807) is 0 Å². The van der Waals surface area contributed by atoms with Gasteiger partial charge < -0.3 is 5.32 Å². The molecule has 0 aliphatic carbocycles. The van der Waals surface area contributed by atoms with Crippen LogP contribution in [0.25, 0.3) is 10.9 Å². The summed E-state index contributed by atoms with van der Waals surface area (Å²) in [6, 6.07) is 6.66. The molecule has 0 amide bonds. The van der Waals surface area contributed by atoms with Crippen LogP contribution in [0.1, 0.15) is 22.4 Å². The molecule has 0 unspecified atom stereocenters. The summed E-state index contributed by atoms with van der Waals surface area (Å²) in [5, 5.41) is 4.45. The molecule has 0 radical (unpaired) electrons. The first-order valence-corrected chi connectivity index (χ1v) is 6.14. The Morgan fingerprint density at radius 3 is 2.53 bits per heavy atom. The number of benzene rings is 1. The van der Waals surface area contributed by atoms with E-state index in [-0.39, 0.29) is 0 Å². The highest BCUT2D eigenvalue weighted by Crippen LogP contribution is 2.21. The minimum Gasteiger partial charge on any atom is -0.319 e. The van der Waals surface area contributed by atoms with Gasteiger partial charge in [-0.1, -0.05) is 6.07 Å². The number of nitrogens with one attached hydrogen (secondary N) is 1. The maximum atomic E-state index is 4.79. The monoisotopic (exact) mass is 228 g/mol. The number of pyridine rings is 1. The van der Waals surface area contributed by atoms with E-state index in [1.165, 1.54) is 27.8 Å². The van der Waals surface area contributed by atoms with Crippen molar-refractivity contribution in [3.63, 3.8) is 0 Å². The van der Waals surface area contributed by atoms with Gasteiger partial charge in [-0.15, -0.1) is 0 Å².